The zero-order valence-electron chi connectivity index (χ0n) is 19.5. The van der Waals surface area contributed by atoms with Gasteiger partial charge in [-0.3, -0.25) is 24.7 Å². The molecule has 1 fully saturated rings. The number of nitrogens with zero attached hydrogens (tertiary/aromatic N) is 3. The summed E-state index contributed by atoms with van der Waals surface area (Å²) in [6.07, 6.45) is 0. The first-order valence-electron chi connectivity index (χ1n) is 10.4. The first-order valence-corrected chi connectivity index (χ1v) is 11.2. The zero-order valence-corrected chi connectivity index (χ0v) is 22.8. The predicted molar refractivity (Wildman–Crippen MR) is 144 cm³/mol. The van der Waals surface area contributed by atoms with Crippen molar-refractivity contribution >= 4 is 65.5 Å². The van der Waals surface area contributed by atoms with E-state index in [-0.39, 0.29) is 61.3 Å². The summed E-state index contributed by atoms with van der Waals surface area (Å²) in [4.78, 5) is 33.6. The van der Waals surface area contributed by atoms with Gasteiger partial charge in [0.05, 0.1) is 20.8 Å². The van der Waals surface area contributed by atoms with Crippen molar-refractivity contribution in [3.63, 3.8) is 0 Å². The van der Waals surface area contributed by atoms with Crippen molar-refractivity contribution in [3.8, 4) is 11.5 Å². The highest BCUT2D eigenvalue weighted by Crippen LogP contribution is 2.28. The number of aliphatic hydroxyl groups excluding tert-OH is 1. The summed E-state index contributed by atoms with van der Waals surface area (Å²) in [5.74, 6) is 0.359. The molecule has 198 valence electrons. The van der Waals surface area contributed by atoms with Crippen LogP contribution >= 0.6 is 48.6 Å². The molecule has 0 spiro atoms. The molecule has 0 unspecified atom stereocenters. The van der Waals surface area contributed by atoms with Crippen molar-refractivity contribution in [2.45, 2.75) is 0 Å². The van der Waals surface area contributed by atoms with Crippen LogP contribution < -0.4 is 20.1 Å². The van der Waals surface area contributed by atoms with E-state index in [0.717, 1.165) is 32.7 Å². The van der Waals surface area contributed by atoms with Gasteiger partial charge in [0.25, 0.3) is 11.8 Å². The number of thiazole rings is 1. The summed E-state index contributed by atoms with van der Waals surface area (Å²) in [7, 11) is 3.03. The average molecular weight is 573 g/mol. The fourth-order valence-electron chi connectivity index (χ4n) is 3.38. The van der Waals surface area contributed by atoms with E-state index in [2.05, 4.69) is 25.4 Å². The molecule has 35 heavy (non-hydrogen) atoms. The van der Waals surface area contributed by atoms with Gasteiger partial charge in [-0.15, -0.1) is 48.6 Å². The lowest BCUT2D eigenvalue weighted by Crippen LogP contribution is -2.49. The van der Waals surface area contributed by atoms with E-state index in [1.165, 1.54) is 25.6 Å². The number of rotatable bonds is 10. The number of aromatic nitrogens is 1. The predicted octanol–water partition coefficient (Wildman–Crippen LogP) is 2.02. The Morgan fingerprint density at radius 3 is 2.23 bits per heavy atom. The van der Waals surface area contributed by atoms with Gasteiger partial charge in [0.2, 0.25) is 0 Å². The number of hydrogen-bond acceptors (Lipinski definition) is 9. The molecule has 10 nitrogen and oxygen atoms in total. The van der Waals surface area contributed by atoms with Crippen LogP contribution in [-0.4, -0.2) is 98.3 Å². The van der Waals surface area contributed by atoms with Gasteiger partial charge in [-0.05, 0) is 18.2 Å². The molecular formula is C21H32Cl3N5O5S. The molecule has 1 aromatic heterocycles. The highest BCUT2D eigenvalue weighted by atomic mass is 35.5. The number of benzene rings is 1. The molecule has 3 rings (SSSR count). The maximum absolute atomic E-state index is 12.5. The Balaban J connectivity index is 0.00000385. The topological polar surface area (TPSA) is 116 Å². The van der Waals surface area contributed by atoms with Crippen LogP contribution in [0.1, 0.15) is 20.8 Å². The number of methoxy groups -OCH3 is 2. The number of nitrogens with one attached hydrogen (secondary N) is 2. The van der Waals surface area contributed by atoms with Crippen molar-refractivity contribution in [1.29, 1.82) is 0 Å². The van der Waals surface area contributed by atoms with Gasteiger partial charge >= 0.3 is 0 Å². The van der Waals surface area contributed by atoms with Crippen molar-refractivity contribution < 1.29 is 24.2 Å². The van der Waals surface area contributed by atoms with Gasteiger partial charge in [0.15, 0.2) is 16.6 Å². The van der Waals surface area contributed by atoms with E-state index >= 15 is 0 Å². The summed E-state index contributed by atoms with van der Waals surface area (Å²) in [5, 5.41) is 16.5. The molecule has 2 heterocycles. The van der Waals surface area contributed by atoms with Crippen LogP contribution in [0.2, 0.25) is 0 Å². The Labute approximate surface area is 227 Å². The number of piperazine rings is 1. The maximum atomic E-state index is 12.5. The maximum Gasteiger partial charge on any atom is 0.270 e. The van der Waals surface area contributed by atoms with Gasteiger partial charge in [0, 0.05) is 56.8 Å². The minimum absolute atomic E-state index is 0. The Morgan fingerprint density at radius 2 is 1.63 bits per heavy atom. The van der Waals surface area contributed by atoms with Crippen LogP contribution in [0.25, 0.3) is 0 Å². The minimum atomic E-state index is -0.354. The summed E-state index contributed by atoms with van der Waals surface area (Å²) < 4.78 is 10.4. The number of ether oxygens (including phenoxy) is 2. The van der Waals surface area contributed by atoms with Gasteiger partial charge in [-0.2, -0.15) is 0 Å². The van der Waals surface area contributed by atoms with Crippen LogP contribution in [0.15, 0.2) is 23.6 Å². The van der Waals surface area contributed by atoms with E-state index in [0.29, 0.717) is 35.3 Å². The highest BCUT2D eigenvalue weighted by Gasteiger charge is 2.17. The van der Waals surface area contributed by atoms with Gasteiger partial charge in [0.1, 0.15) is 5.69 Å². The Kier molecular flexibility index (Phi) is 15.9. The van der Waals surface area contributed by atoms with Crippen molar-refractivity contribution in [3.05, 3.63) is 34.8 Å². The number of aliphatic hydroxyl groups is 1. The standard InChI is InChI=1S/C21H29N5O5S.3ClH/c1-30-17-4-3-15(13-18(17)31-2)19(28)24-21-23-16(14-32-21)20(29)22-5-6-25-7-9-26(10-8-25)11-12-27;;;/h3-4,13-14,27H,5-12H2,1-2H3,(H,22,29)(H,23,24,28);3*1H. The molecule has 2 aromatic rings. The number of carbonyl (C=O) groups is 2. The smallest absolute Gasteiger partial charge is 0.270 e. The van der Waals surface area contributed by atoms with Crippen molar-refractivity contribution in [2.24, 2.45) is 0 Å². The number of halogens is 3. The molecule has 2 amide bonds. The fraction of sp³-hybridized carbons (Fsp3) is 0.476. The Bertz CT molecular complexity index is 929. The van der Waals surface area contributed by atoms with Crippen molar-refractivity contribution in [1.82, 2.24) is 20.1 Å². The lowest BCUT2D eigenvalue weighted by Gasteiger charge is -2.34. The molecule has 0 aliphatic carbocycles. The second kappa shape index (κ2) is 16.7. The zero-order chi connectivity index (χ0) is 22.9. The summed E-state index contributed by atoms with van der Waals surface area (Å²) in [5.41, 5.74) is 0.660. The summed E-state index contributed by atoms with van der Waals surface area (Å²) >= 11 is 1.19. The van der Waals surface area contributed by atoms with E-state index in [4.69, 9.17) is 14.6 Å². The molecule has 3 N–H and O–H groups in total. The Morgan fingerprint density at radius 1 is 1.00 bits per heavy atom. The lowest BCUT2D eigenvalue weighted by molar-refractivity contribution is 0.0921. The highest BCUT2D eigenvalue weighted by molar-refractivity contribution is 7.14. The minimum Gasteiger partial charge on any atom is -0.493 e. The monoisotopic (exact) mass is 571 g/mol. The normalized spacial score (nSPS) is 13.5. The van der Waals surface area contributed by atoms with Crippen molar-refractivity contribution in [2.75, 3.05) is 72.0 Å². The number of hydrogen-bond donors (Lipinski definition) is 3. The van der Waals surface area contributed by atoms with Crippen LogP contribution in [-0.2, 0) is 0 Å². The van der Waals surface area contributed by atoms with E-state index in [1.54, 1.807) is 23.6 Å². The molecule has 1 saturated heterocycles. The number of amides is 2. The van der Waals surface area contributed by atoms with Gasteiger partial charge in [-0.1, -0.05) is 0 Å². The van der Waals surface area contributed by atoms with Crippen LogP contribution in [0.5, 0.6) is 11.5 Å². The largest absolute Gasteiger partial charge is 0.493 e. The van der Waals surface area contributed by atoms with E-state index in [9.17, 15) is 9.59 Å². The lowest BCUT2D eigenvalue weighted by atomic mass is 10.2. The molecule has 0 atom stereocenters. The third kappa shape index (κ3) is 9.60. The van der Waals surface area contributed by atoms with Crippen LogP contribution in [0, 0.1) is 0 Å². The molecule has 0 saturated carbocycles. The average Bonchev–Trinajstić information content (AvgIpc) is 3.28. The number of carbonyl (C=O) groups excluding carboxylic acids is 2. The van der Waals surface area contributed by atoms with Gasteiger partial charge < -0.3 is 19.9 Å². The molecule has 1 aliphatic heterocycles. The third-order valence-electron chi connectivity index (χ3n) is 5.20. The fourth-order valence-corrected chi connectivity index (χ4v) is 4.06. The van der Waals surface area contributed by atoms with Crippen LogP contribution in [0.4, 0.5) is 5.13 Å². The van der Waals surface area contributed by atoms with Gasteiger partial charge in [-0.25, -0.2) is 4.98 Å². The second-order valence-electron chi connectivity index (χ2n) is 7.22. The molecule has 1 aliphatic rings. The second-order valence-corrected chi connectivity index (χ2v) is 8.08. The van der Waals surface area contributed by atoms with E-state index in [1.807, 2.05) is 0 Å². The molecular weight excluding hydrogens is 541 g/mol. The third-order valence-corrected chi connectivity index (χ3v) is 5.96. The summed E-state index contributed by atoms with van der Waals surface area (Å²) in [6, 6.07) is 4.86. The number of β-amino-alcohol motifs (C(OH)–C–C–N with tert-alkyl or cyclic N) is 1. The SMILES string of the molecule is COc1ccc(C(=O)Nc2nc(C(=O)NCCN3CCN(CCO)CC3)cs2)cc1OC.Cl.Cl.Cl. The first-order chi connectivity index (χ1) is 15.5. The molecule has 0 bridgehead atoms. The molecule has 1 aromatic carbocycles. The van der Waals surface area contributed by atoms with E-state index < -0.39 is 0 Å². The molecule has 14 heteroatoms. The quantitative estimate of drug-likeness (QED) is 0.396. The Hall–Kier alpha value is -1.86. The summed E-state index contributed by atoms with van der Waals surface area (Å²) in [6.45, 7) is 5.83. The number of anilines is 1. The molecule has 0 radical (unpaired) electrons. The first kappa shape index (κ1) is 33.1. The van der Waals surface area contributed by atoms with Crippen LogP contribution in [0.3, 0.4) is 0 Å².